The summed E-state index contributed by atoms with van der Waals surface area (Å²) in [6.07, 6.45) is 0.872. The summed E-state index contributed by atoms with van der Waals surface area (Å²) in [7, 11) is 0. The van der Waals surface area contributed by atoms with E-state index in [-0.39, 0.29) is 11.9 Å². The molecule has 0 saturated carbocycles. The first-order chi connectivity index (χ1) is 8.15. The van der Waals surface area contributed by atoms with Crippen LogP contribution in [0.25, 0.3) is 0 Å². The van der Waals surface area contributed by atoms with Crippen molar-refractivity contribution in [3.63, 3.8) is 0 Å². The Labute approximate surface area is 99.8 Å². The molecule has 0 bridgehead atoms. The Balaban J connectivity index is 2.33. The number of rotatable bonds is 3. The molecule has 17 heavy (non-hydrogen) atoms. The Morgan fingerprint density at radius 1 is 1.47 bits per heavy atom. The summed E-state index contributed by atoms with van der Waals surface area (Å²) in [5.41, 5.74) is 1.39. The van der Waals surface area contributed by atoms with Crippen LogP contribution in [-0.4, -0.2) is 16.4 Å². The number of nitrogens with zero attached hydrogens (tertiary/aromatic N) is 2. The summed E-state index contributed by atoms with van der Waals surface area (Å²) in [4.78, 5) is 0. The van der Waals surface area contributed by atoms with Crippen molar-refractivity contribution in [2.75, 3.05) is 6.61 Å². The van der Waals surface area contributed by atoms with Crippen LogP contribution in [0, 0.1) is 6.92 Å². The molecule has 1 aliphatic rings. The molecule has 1 aromatic rings. The Morgan fingerprint density at radius 2 is 2.24 bits per heavy atom. The largest absolute Gasteiger partial charge is 0.357 e. The Morgan fingerprint density at radius 3 is 2.71 bits per heavy atom. The minimum Gasteiger partial charge on any atom is -0.357 e. The van der Waals surface area contributed by atoms with Crippen LogP contribution < -0.4 is 0 Å². The van der Waals surface area contributed by atoms with Crippen LogP contribution in [0.3, 0.4) is 0 Å². The van der Waals surface area contributed by atoms with E-state index < -0.39 is 6.43 Å². The average Bonchev–Trinajstić information content (AvgIpc) is 2.67. The normalized spacial score (nSPS) is 21.1. The SMILES string of the molecule is CCc1c(C(F)F)nn(C2CCCCO2)c1C. The quantitative estimate of drug-likeness (QED) is 0.815. The predicted octanol–water partition coefficient (Wildman–Crippen LogP) is 3.39. The van der Waals surface area contributed by atoms with Gasteiger partial charge in [-0.05, 0) is 32.6 Å². The number of aromatic nitrogens is 2. The maximum atomic E-state index is 12.9. The molecule has 1 saturated heterocycles. The first kappa shape index (κ1) is 12.5. The maximum Gasteiger partial charge on any atom is 0.282 e. The molecule has 0 spiro atoms. The van der Waals surface area contributed by atoms with Gasteiger partial charge in [0, 0.05) is 17.9 Å². The highest BCUT2D eigenvalue weighted by atomic mass is 19.3. The van der Waals surface area contributed by atoms with Crippen molar-refractivity contribution >= 4 is 0 Å². The lowest BCUT2D eigenvalue weighted by Crippen LogP contribution is -2.20. The van der Waals surface area contributed by atoms with Crippen LogP contribution in [0.4, 0.5) is 8.78 Å². The average molecular weight is 244 g/mol. The number of alkyl halides is 2. The van der Waals surface area contributed by atoms with Gasteiger partial charge in [-0.25, -0.2) is 13.5 Å². The van der Waals surface area contributed by atoms with Crippen LogP contribution in [0.1, 0.15) is 55.8 Å². The lowest BCUT2D eigenvalue weighted by Gasteiger charge is -2.24. The second-order valence-corrected chi connectivity index (χ2v) is 4.37. The van der Waals surface area contributed by atoms with Gasteiger partial charge < -0.3 is 4.74 Å². The number of ether oxygens (including phenoxy) is 1. The molecule has 1 atom stereocenters. The van der Waals surface area contributed by atoms with Gasteiger partial charge in [0.2, 0.25) is 0 Å². The second kappa shape index (κ2) is 5.12. The van der Waals surface area contributed by atoms with E-state index in [1.165, 1.54) is 0 Å². The molecule has 1 fully saturated rings. The monoisotopic (exact) mass is 244 g/mol. The fourth-order valence-electron chi connectivity index (χ4n) is 2.38. The van der Waals surface area contributed by atoms with Crippen molar-refractivity contribution in [1.82, 2.24) is 9.78 Å². The third-order valence-corrected chi connectivity index (χ3v) is 3.29. The molecule has 1 aromatic heterocycles. The van der Waals surface area contributed by atoms with E-state index in [0.717, 1.165) is 25.0 Å². The van der Waals surface area contributed by atoms with Gasteiger partial charge >= 0.3 is 0 Å². The Bertz CT molecular complexity index is 384. The zero-order chi connectivity index (χ0) is 12.4. The van der Waals surface area contributed by atoms with Gasteiger partial charge in [-0.15, -0.1) is 0 Å². The third-order valence-electron chi connectivity index (χ3n) is 3.29. The summed E-state index contributed by atoms with van der Waals surface area (Å²) < 4.78 is 32.9. The van der Waals surface area contributed by atoms with Gasteiger partial charge in [0.15, 0.2) is 0 Å². The van der Waals surface area contributed by atoms with Crippen LogP contribution in [0.2, 0.25) is 0 Å². The van der Waals surface area contributed by atoms with Crippen LogP contribution >= 0.6 is 0 Å². The highest BCUT2D eigenvalue weighted by Gasteiger charge is 2.25. The van der Waals surface area contributed by atoms with Crippen molar-refractivity contribution < 1.29 is 13.5 Å². The molecule has 0 amide bonds. The van der Waals surface area contributed by atoms with E-state index in [1.54, 1.807) is 4.68 Å². The van der Waals surface area contributed by atoms with E-state index in [9.17, 15) is 8.78 Å². The van der Waals surface area contributed by atoms with Crippen LogP contribution in [0.5, 0.6) is 0 Å². The van der Waals surface area contributed by atoms with Gasteiger partial charge in [0.25, 0.3) is 6.43 Å². The highest BCUT2D eigenvalue weighted by Crippen LogP contribution is 2.30. The van der Waals surface area contributed by atoms with Crippen LogP contribution in [-0.2, 0) is 11.2 Å². The Kier molecular flexibility index (Phi) is 3.76. The van der Waals surface area contributed by atoms with Gasteiger partial charge in [0.1, 0.15) is 11.9 Å². The summed E-state index contributed by atoms with van der Waals surface area (Å²) in [6, 6.07) is 0. The van der Waals surface area contributed by atoms with Crippen molar-refractivity contribution in [3.05, 3.63) is 17.0 Å². The summed E-state index contributed by atoms with van der Waals surface area (Å²) in [5.74, 6) is 0. The molecule has 2 rings (SSSR count). The molecule has 0 N–H and O–H groups in total. The van der Waals surface area contributed by atoms with Crippen molar-refractivity contribution in [3.8, 4) is 0 Å². The maximum absolute atomic E-state index is 12.9. The van der Waals surface area contributed by atoms with Gasteiger partial charge in [0.05, 0.1) is 0 Å². The van der Waals surface area contributed by atoms with E-state index >= 15 is 0 Å². The molecule has 1 unspecified atom stereocenters. The van der Waals surface area contributed by atoms with E-state index in [4.69, 9.17) is 4.74 Å². The molecule has 0 aromatic carbocycles. The van der Waals surface area contributed by atoms with Crippen molar-refractivity contribution in [1.29, 1.82) is 0 Å². The first-order valence-corrected chi connectivity index (χ1v) is 6.12. The van der Waals surface area contributed by atoms with E-state index in [0.29, 0.717) is 18.6 Å². The lowest BCUT2D eigenvalue weighted by molar-refractivity contribution is -0.0414. The van der Waals surface area contributed by atoms with Crippen LogP contribution in [0.15, 0.2) is 0 Å². The molecule has 3 nitrogen and oxygen atoms in total. The number of hydrogen-bond donors (Lipinski definition) is 0. The molecular weight excluding hydrogens is 226 g/mol. The minimum absolute atomic E-state index is 0.0841. The summed E-state index contributed by atoms with van der Waals surface area (Å²) in [5, 5.41) is 4.05. The second-order valence-electron chi connectivity index (χ2n) is 4.37. The topological polar surface area (TPSA) is 27.1 Å². The standard InChI is InChI=1S/C12H18F2N2O/c1-3-9-8(2)16(15-11(9)12(13)14)10-6-4-5-7-17-10/h10,12H,3-7H2,1-2H3. The molecule has 5 heteroatoms. The smallest absolute Gasteiger partial charge is 0.282 e. The molecule has 2 heterocycles. The first-order valence-electron chi connectivity index (χ1n) is 6.12. The third kappa shape index (κ3) is 2.34. The van der Waals surface area contributed by atoms with E-state index in [2.05, 4.69) is 5.10 Å². The summed E-state index contributed by atoms with van der Waals surface area (Å²) >= 11 is 0. The molecule has 0 aliphatic carbocycles. The molecule has 1 aliphatic heterocycles. The van der Waals surface area contributed by atoms with Crippen molar-refractivity contribution in [2.24, 2.45) is 0 Å². The fourth-order valence-corrected chi connectivity index (χ4v) is 2.38. The highest BCUT2D eigenvalue weighted by molar-refractivity contribution is 5.26. The lowest BCUT2D eigenvalue weighted by atomic mass is 10.1. The number of halogens is 2. The van der Waals surface area contributed by atoms with Gasteiger partial charge in [-0.3, -0.25) is 0 Å². The molecule has 96 valence electrons. The fraction of sp³-hybridized carbons (Fsp3) is 0.750. The van der Waals surface area contributed by atoms with Gasteiger partial charge in [-0.2, -0.15) is 5.10 Å². The number of hydrogen-bond acceptors (Lipinski definition) is 2. The van der Waals surface area contributed by atoms with Gasteiger partial charge in [-0.1, -0.05) is 6.92 Å². The molecule has 0 radical (unpaired) electrons. The zero-order valence-corrected chi connectivity index (χ0v) is 10.2. The minimum atomic E-state index is -2.51. The summed E-state index contributed by atoms with van der Waals surface area (Å²) in [6.45, 7) is 4.41. The predicted molar refractivity (Wildman–Crippen MR) is 60.1 cm³/mol. The Hall–Kier alpha value is -0.970. The van der Waals surface area contributed by atoms with Crippen molar-refractivity contribution in [2.45, 2.75) is 52.2 Å². The zero-order valence-electron chi connectivity index (χ0n) is 10.2. The van der Waals surface area contributed by atoms with E-state index in [1.807, 2.05) is 13.8 Å². The molecular formula is C12H18F2N2O.